The van der Waals surface area contributed by atoms with Gasteiger partial charge in [0, 0.05) is 45.8 Å². The van der Waals surface area contributed by atoms with Gasteiger partial charge in [0.05, 0.1) is 0 Å². The molecule has 3 N–H and O–H groups in total. The molecule has 0 rings (SSSR count). The summed E-state index contributed by atoms with van der Waals surface area (Å²) in [6.07, 6.45) is 5.79. The first-order valence-corrected chi connectivity index (χ1v) is 6.80. The van der Waals surface area contributed by atoms with E-state index in [-0.39, 0.29) is 43.7 Å². The Labute approximate surface area is 189 Å². The van der Waals surface area contributed by atoms with E-state index in [1.165, 1.54) is 0 Å². The van der Waals surface area contributed by atoms with Gasteiger partial charge in [0.15, 0.2) is 0 Å². The van der Waals surface area contributed by atoms with Gasteiger partial charge in [0.1, 0.15) is 0 Å². The van der Waals surface area contributed by atoms with E-state index in [0.717, 1.165) is 34.2 Å². The van der Waals surface area contributed by atoms with Gasteiger partial charge in [-0.05, 0) is 26.7 Å². The Hall–Kier alpha value is -0.640. The summed E-state index contributed by atoms with van der Waals surface area (Å²) in [6.45, 7) is 18.2. The van der Waals surface area contributed by atoms with E-state index >= 15 is 0 Å². The van der Waals surface area contributed by atoms with E-state index in [9.17, 15) is 0 Å². The van der Waals surface area contributed by atoms with Crippen molar-refractivity contribution in [3.05, 3.63) is 7.43 Å². The first-order chi connectivity index (χ1) is 11.7. The monoisotopic (exact) mass is 527 g/mol. The molecule has 0 bridgehead atoms. The van der Waals surface area contributed by atoms with Crippen LogP contribution in [0.1, 0.15) is 40.5 Å². The zero-order chi connectivity index (χ0) is 21.4. The third-order valence-corrected chi connectivity index (χ3v) is 1.93. The van der Waals surface area contributed by atoms with Crippen molar-refractivity contribution in [1.82, 2.24) is 0 Å². The maximum atomic E-state index is 7.75. The number of aliphatic hydroxyl groups is 3. The van der Waals surface area contributed by atoms with Gasteiger partial charge < -0.3 is 37.1 Å². The summed E-state index contributed by atoms with van der Waals surface area (Å²) >= 11 is 0. The van der Waals surface area contributed by atoms with Crippen LogP contribution in [0.15, 0.2) is 9.98 Å². The van der Waals surface area contributed by atoms with Gasteiger partial charge >= 0.3 is 36.3 Å². The maximum Gasteiger partial charge on any atom is 2.00 e. The van der Waals surface area contributed by atoms with Crippen LogP contribution in [0.4, 0.5) is 0 Å². The zero-order valence-electron chi connectivity index (χ0n) is 17.6. The van der Waals surface area contributed by atoms with E-state index in [2.05, 4.69) is 58.0 Å². The Morgan fingerprint density at radius 2 is 0.852 bits per heavy atom. The molecule has 0 aromatic rings. The van der Waals surface area contributed by atoms with Crippen LogP contribution in [0.3, 0.4) is 0 Å². The summed E-state index contributed by atoms with van der Waals surface area (Å²) in [5, 5.41) is 21.0. The molecule has 0 aliphatic rings. The third kappa shape index (κ3) is 129. The number of aliphatic hydroxyl groups excluding tert-OH is 3. The van der Waals surface area contributed by atoms with Crippen molar-refractivity contribution in [1.29, 1.82) is 0 Å². The average Bonchev–Trinajstić information content (AvgIpc) is 2.73. The normalized spacial score (nSPS) is 8.81. The minimum Gasteiger partial charge on any atom is -0.545 e. The van der Waals surface area contributed by atoms with Gasteiger partial charge in [-0.3, -0.25) is 30.4 Å². The molecule has 27 heavy (non-hydrogen) atoms. The summed E-state index contributed by atoms with van der Waals surface area (Å²) in [7, 11) is 3.00. The largest absolute Gasteiger partial charge is 2.00 e. The molecule has 0 fully saturated rings. The molecular formula is C17H38CoN2O6Ru. The van der Waals surface area contributed by atoms with Crippen LogP contribution in [-0.2, 0) is 50.6 Å². The topological polar surface area (TPSA) is 137 Å². The molecule has 0 saturated heterocycles. The van der Waals surface area contributed by atoms with Crippen molar-refractivity contribution in [3.63, 3.8) is 0 Å². The van der Waals surface area contributed by atoms with Crippen molar-refractivity contribution in [2.75, 3.05) is 21.3 Å². The van der Waals surface area contributed by atoms with Gasteiger partial charge in [-0.25, -0.2) is 0 Å². The number of hydrogen-bond acceptors (Lipinski definition) is 8. The summed E-state index contributed by atoms with van der Waals surface area (Å²) < 4.78 is 0. The van der Waals surface area contributed by atoms with E-state index in [1.54, 1.807) is 12.4 Å². The van der Waals surface area contributed by atoms with Crippen LogP contribution < -0.4 is 0 Å². The fourth-order valence-corrected chi connectivity index (χ4v) is 0.582. The second kappa shape index (κ2) is 117. The molecule has 0 aromatic heterocycles. The number of carbonyl (C=O) groups excluding carboxylic acids is 3. The molecule has 0 amide bonds. The SMILES string of the molecule is CCC(C)N=CC=NC(C)CC.CO.CO.CO.[CH-]=O.[CH-]=O.[CH-]=O.[CH3-].[Co+2].[Ru+2]. The molecule has 2 unspecified atom stereocenters. The van der Waals surface area contributed by atoms with Crippen LogP contribution in [0.2, 0.25) is 0 Å². The Morgan fingerprint density at radius 1 is 0.704 bits per heavy atom. The van der Waals surface area contributed by atoms with Crippen molar-refractivity contribution >= 4 is 32.8 Å². The fraction of sp³-hybridized carbons (Fsp3) is 0.647. The maximum absolute atomic E-state index is 7.75. The number of hydrogen-bond donors (Lipinski definition) is 3. The molecule has 0 saturated carbocycles. The van der Waals surface area contributed by atoms with E-state index in [1.807, 2.05) is 0 Å². The smallest absolute Gasteiger partial charge is 0.545 e. The summed E-state index contributed by atoms with van der Waals surface area (Å²) in [5.41, 5.74) is 0. The molecule has 0 aliphatic heterocycles. The second-order valence-corrected chi connectivity index (χ2v) is 3.11. The second-order valence-electron chi connectivity index (χ2n) is 3.11. The van der Waals surface area contributed by atoms with Crippen LogP contribution >= 0.6 is 0 Å². The Kier molecular flexibility index (Phi) is 274. The number of aliphatic imine (C=N–C) groups is 2. The minimum absolute atomic E-state index is 0. The molecule has 1 radical (unpaired) electrons. The van der Waals surface area contributed by atoms with E-state index < -0.39 is 0 Å². The third-order valence-electron chi connectivity index (χ3n) is 1.93. The van der Waals surface area contributed by atoms with Crippen LogP contribution in [0, 0.1) is 7.43 Å². The molecule has 2 atom stereocenters. The summed E-state index contributed by atoms with van der Waals surface area (Å²) in [6, 6.07) is 0.849. The predicted molar refractivity (Wildman–Crippen MR) is 108 cm³/mol. The average molecular weight is 527 g/mol. The molecule has 0 spiro atoms. The molecule has 10 heteroatoms. The first kappa shape index (κ1) is 63.3. The van der Waals surface area contributed by atoms with E-state index in [0.29, 0.717) is 12.1 Å². The van der Waals surface area contributed by atoms with Crippen LogP contribution in [0.25, 0.3) is 0 Å². The van der Waals surface area contributed by atoms with Gasteiger partial charge in [0.2, 0.25) is 0 Å². The quantitative estimate of drug-likeness (QED) is 0.213. The van der Waals surface area contributed by atoms with E-state index in [4.69, 9.17) is 29.7 Å². The van der Waals surface area contributed by atoms with Crippen LogP contribution in [-0.4, -0.2) is 81.5 Å². The summed E-state index contributed by atoms with van der Waals surface area (Å²) in [4.78, 5) is 31.8. The van der Waals surface area contributed by atoms with Crippen molar-refractivity contribution in [2.24, 2.45) is 9.98 Å². The molecule has 0 aliphatic carbocycles. The first-order valence-electron chi connectivity index (χ1n) is 6.80. The Balaban J connectivity index is -0.0000000207. The molecular weight excluding hydrogens is 488 g/mol. The zero-order valence-corrected chi connectivity index (χ0v) is 20.4. The Morgan fingerprint density at radius 3 is 0.963 bits per heavy atom. The van der Waals surface area contributed by atoms with Gasteiger partial charge in [-0.2, -0.15) is 0 Å². The van der Waals surface area contributed by atoms with Gasteiger partial charge in [-0.15, -0.1) is 0 Å². The molecule has 0 aromatic carbocycles. The number of rotatable bonds is 5. The minimum atomic E-state index is 0. The van der Waals surface area contributed by atoms with Crippen LogP contribution in [0.5, 0.6) is 0 Å². The van der Waals surface area contributed by atoms with Crippen molar-refractivity contribution in [2.45, 2.75) is 52.6 Å². The summed E-state index contributed by atoms with van der Waals surface area (Å²) in [5.74, 6) is 0. The van der Waals surface area contributed by atoms with Crippen molar-refractivity contribution < 1.29 is 66.0 Å². The molecule has 0 heterocycles. The number of nitrogens with zero attached hydrogens (tertiary/aromatic N) is 2. The molecule has 8 nitrogen and oxygen atoms in total. The van der Waals surface area contributed by atoms with Gasteiger partial charge in [0.25, 0.3) is 0 Å². The standard InChI is InChI=1S/C10H20N2.3CH4O.3CHO.CH3.Co.Ru/c1-5-9(3)11-7-8-12-10(4)6-2;6*1-2;;;/h7-10H,5-6H2,1-4H3;3*2H,1H3;3*1H;1H3;;/q;;;;4*-1;2*+2. The molecule has 169 valence electrons. The predicted octanol–water partition coefficient (Wildman–Crippen LogP) is 1.17. The van der Waals surface area contributed by atoms with Gasteiger partial charge in [-0.1, -0.05) is 13.8 Å². The van der Waals surface area contributed by atoms with Crippen molar-refractivity contribution in [3.8, 4) is 0 Å². The Bertz CT molecular complexity index is 195. The fourth-order valence-electron chi connectivity index (χ4n) is 0.582.